The van der Waals surface area contributed by atoms with Crippen molar-refractivity contribution in [2.24, 2.45) is 0 Å². The summed E-state index contributed by atoms with van der Waals surface area (Å²) in [5.41, 5.74) is 8.58. The first-order valence-corrected chi connectivity index (χ1v) is 12.6. The fourth-order valence-electron chi connectivity index (χ4n) is 3.73. The molecule has 0 fully saturated rings. The molecule has 0 atom stereocenters. The molecule has 186 valence electrons. The van der Waals surface area contributed by atoms with Crippen LogP contribution < -0.4 is 15.2 Å². The van der Waals surface area contributed by atoms with Crippen molar-refractivity contribution in [1.82, 2.24) is 9.78 Å². The fraction of sp³-hybridized carbons (Fsp3) is 0.160. The minimum absolute atomic E-state index is 0.0507. The third-order valence-corrected chi connectivity index (χ3v) is 6.93. The molecule has 11 heteroatoms. The van der Waals surface area contributed by atoms with Crippen molar-refractivity contribution in [3.8, 4) is 22.7 Å². The molecule has 3 N–H and O–H groups in total. The number of hydrogen-bond acceptors (Lipinski definition) is 7. The van der Waals surface area contributed by atoms with E-state index in [1.807, 2.05) is 24.3 Å². The number of rotatable bonds is 9. The number of anilines is 2. The summed E-state index contributed by atoms with van der Waals surface area (Å²) in [6.45, 7) is 2.11. The van der Waals surface area contributed by atoms with E-state index in [0.29, 0.717) is 11.4 Å². The molecule has 0 radical (unpaired) electrons. The van der Waals surface area contributed by atoms with Gasteiger partial charge in [0.05, 0.1) is 22.6 Å². The number of nitrogens with one attached hydrogen (secondary N) is 1. The smallest absolute Gasteiger partial charge is 0.296 e. The number of hydrogen-bond donors (Lipinski definition) is 2. The Bertz CT molecular complexity index is 1500. The highest BCUT2D eigenvalue weighted by Gasteiger charge is 2.24. The SMILES string of the molecule is CCCc1ccc(-c2cc(N)n(-c3ccc(S(=O)(=O)Nc4ccc(OC)cc4)cc3[N+](=O)[O-])n2)cc1. The second kappa shape index (κ2) is 10.1. The number of sulfonamides is 1. The molecule has 1 aromatic heterocycles. The Morgan fingerprint density at radius 3 is 2.36 bits per heavy atom. The summed E-state index contributed by atoms with van der Waals surface area (Å²) in [7, 11) is -2.60. The Balaban J connectivity index is 1.67. The second-order valence-electron chi connectivity index (χ2n) is 8.05. The summed E-state index contributed by atoms with van der Waals surface area (Å²) in [6.07, 6.45) is 2.00. The zero-order valence-corrected chi connectivity index (χ0v) is 20.5. The lowest BCUT2D eigenvalue weighted by Crippen LogP contribution is -2.14. The Morgan fingerprint density at radius 1 is 1.06 bits per heavy atom. The van der Waals surface area contributed by atoms with E-state index in [4.69, 9.17) is 10.5 Å². The molecule has 1 heterocycles. The number of aryl methyl sites for hydroxylation is 1. The summed E-state index contributed by atoms with van der Waals surface area (Å²) in [5, 5.41) is 16.3. The van der Waals surface area contributed by atoms with Gasteiger partial charge in [0.2, 0.25) is 0 Å². The van der Waals surface area contributed by atoms with Gasteiger partial charge in [0, 0.05) is 23.4 Å². The Kier molecular flexibility index (Phi) is 6.93. The first-order valence-electron chi connectivity index (χ1n) is 11.1. The van der Waals surface area contributed by atoms with Gasteiger partial charge >= 0.3 is 0 Å². The zero-order chi connectivity index (χ0) is 25.9. The topological polar surface area (TPSA) is 142 Å². The normalized spacial score (nSPS) is 11.3. The predicted octanol–water partition coefficient (Wildman–Crippen LogP) is 4.79. The average molecular weight is 508 g/mol. The Morgan fingerprint density at radius 2 is 1.75 bits per heavy atom. The molecule has 0 saturated heterocycles. The number of benzene rings is 3. The van der Waals surface area contributed by atoms with Gasteiger partial charge in [-0.2, -0.15) is 5.10 Å². The predicted molar refractivity (Wildman–Crippen MR) is 138 cm³/mol. The van der Waals surface area contributed by atoms with Crippen LogP contribution in [-0.2, 0) is 16.4 Å². The zero-order valence-electron chi connectivity index (χ0n) is 19.7. The van der Waals surface area contributed by atoms with Crippen molar-refractivity contribution in [2.45, 2.75) is 24.7 Å². The lowest BCUT2D eigenvalue weighted by Gasteiger charge is -2.11. The van der Waals surface area contributed by atoms with E-state index in [1.165, 1.54) is 41.6 Å². The summed E-state index contributed by atoms with van der Waals surface area (Å²) < 4.78 is 34.5. The van der Waals surface area contributed by atoms with Crippen LogP contribution >= 0.6 is 0 Å². The minimum atomic E-state index is -4.10. The van der Waals surface area contributed by atoms with Gasteiger partial charge in [-0.25, -0.2) is 13.1 Å². The summed E-state index contributed by atoms with van der Waals surface area (Å²) in [5.74, 6) is 0.740. The van der Waals surface area contributed by atoms with Gasteiger partial charge in [0.25, 0.3) is 15.7 Å². The van der Waals surface area contributed by atoms with Crippen LogP contribution in [0.25, 0.3) is 16.9 Å². The summed E-state index contributed by atoms with van der Waals surface area (Å²) in [4.78, 5) is 10.9. The fourth-order valence-corrected chi connectivity index (χ4v) is 4.81. The van der Waals surface area contributed by atoms with E-state index < -0.39 is 20.6 Å². The van der Waals surface area contributed by atoms with E-state index in [0.717, 1.165) is 24.5 Å². The summed E-state index contributed by atoms with van der Waals surface area (Å²) in [6, 6.07) is 19.3. The third-order valence-electron chi connectivity index (χ3n) is 5.55. The van der Waals surface area contributed by atoms with Crippen molar-refractivity contribution in [2.75, 3.05) is 17.6 Å². The maximum Gasteiger partial charge on any atom is 0.296 e. The molecule has 36 heavy (non-hydrogen) atoms. The summed E-state index contributed by atoms with van der Waals surface area (Å²) >= 11 is 0. The van der Waals surface area contributed by atoms with Crippen molar-refractivity contribution >= 4 is 27.2 Å². The molecular weight excluding hydrogens is 482 g/mol. The number of nitrogens with two attached hydrogens (primary N) is 1. The van der Waals surface area contributed by atoms with Crippen LogP contribution in [0.1, 0.15) is 18.9 Å². The van der Waals surface area contributed by atoms with Crippen LogP contribution in [0.2, 0.25) is 0 Å². The van der Waals surface area contributed by atoms with Gasteiger partial charge < -0.3 is 10.5 Å². The van der Waals surface area contributed by atoms with E-state index in [1.54, 1.807) is 18.2 Å². The van der Waals surface area contributed by atoms with Gasteiger partial charge in [-0.05, 0) is 48.4 Å². The largest absolute Gasteiger partial charge is 0.497 e. The van der Waals surface area contributed by atoms with Crippen molar-refractivity contribution in [3.05, 3.63) is 88.5 Å². The molecule has 0 amide bonds. The van der Waals surface area contributed by atoms with Crippen molar-refractivity contribution < 1.29 is 18.1 Å². The highest BCUT2D eigenvalue weighted by atomic mass is 32.2. The number of aromatic nitrogens is 2. The van der Waals surface area contributed by atoms with Crippen LogP contribution in [0.4, 0.5) is 17.2 Å². The van der Waals surface area contributed by atoms with Crippen molar-refractivity contribution in [1.29, 1.82) is 0 Å². The average Bonchev–Trinajstić information content (AvgIpc) is 3.26. The molecule has 0 bridgehead atoms. The van der Waals surface area contributed by atoms with E-state index in [2.05, 4.69) is 16.7 Å². The van der Waals surface area contributed by atoms with Gasteiger partial charge in [0.1, 0.15) is 17.3 Å². The number of nitrogens with zero attached hydrogens (tertiary/aromatic N) is 3. The molecular formula is C25H25N5O5S. The number of nitro benzene ring substituents is 1. The van der Waals surface area contributed by atoms with Crippen LogP contribution in [-0.4, -0.2) is 30.2 Å². The molecule has 0 saturated carbocycles. The first kappa shape index (κ1) is 24.7. The quantitative estimate of drug-likeness (QED) is 0.245. The van der Waals surface area contributed by atoms with E-state index >= 15 is 0 Å². The van der Waals surface area contributed by atoms with Gasteiger partial charge in [-0.15, -0.1) is 0 Å². The highest BCUT2D eigenvalue weighted by molar-refractivity contribution is 7.92. The minimum Gasteiger partial charge on any atom is -0.497 e. The number of ether oxygens (including phenoxy) is 1. The maximum atomic E-state index is 12.9. The Labute approximate surface area is 208 Å². The molecule has 0 aliphatic heterocycles. The van der Waals surface area contributed by atoms with Gasteiger partial charge in [0.15, 0.2) is 0 Å². The molecule has 4 aromatic rings. The highest BCUT2D eigenvalue weighted by Crippen LogP contribution is 2.31. The molecule has 3 aromatic carbocycles. The molecule has 0 aliphatic rings. The third kappa shape index (κ3) is 5.15. The molecule has 0 unspecified atom stereocenters. The maximum absolute atomic E-state index is 12.9. The molecule has 10 nitrogen and oxygen atoms in total. The Hall–Kier alpha value is -4.38. The van der Waals surface area contributed by atoms with E-state index in [-0.39, 0.29) is 22.1 Å². The van der Waals surface area contributed by atoms with E-state index in [9.17, 15) is 18.5 Å². The lowest BCUT2D eigenvalue weighted by atomic mass is 10.1. The lowest BCUT2D eigenvalue weighted by molar-refractivity contribution is -0.384. The van der Waals surface area contributed by atoms with Crippen LogP contribution in [0.15, 0.2) is 77.7 Å². The van der Waals surface area contributed by atoms with Crippen LogP contribution in [0.3, 0.4) is 0 Å². The standard InChI is InChI=1S/C25H25N5O5S/c1-3-4-17-5-7-18(8-6-17)22-16-25(26)29(27-22)23-14-13-21(15-24(23)30(31)32)36(33,34)28-19-9-11-20(35-2)12-10-19/h5-16,28H,3-4,26H2,1-2H3. The number of nitro groups is 1. The molecule has 0 aliphatic carbocycles. The first-order chi connectivity index (χ1) is 17.2. The van der Waals surface area contributed by atoms with Crippen LogP contribution in [0.5, 0.6) is 5.75 Å². The second-order valence-corrected chi connectivity index (χ2v) is 9.74. The number of methoxy groups -OCH3 is 1. The molecule has 4 rings (SSSR count). The van der Waals surface area contributed by atoms with Gasteiger partial charge in [-0.3, -0.25) is 14.8 Å². The molecule has 0 spiro atoms. The monoisotopic (exact) mass is 507 g/mol. The van der Waals surface area contributed by atoms with Gasteiger partial charge in [-0.1, -0.05) is 37.6 Å². The number of nitrogen functional groups attached to an aromatic ring is 1. The van der Waals surface area contributed by atoms with Crippen LogP contribution in [0, 0.1) is 10.1 Å². The van der Waals surface area contributed by atoms with Crippen molar-refractivity contribution in [3.63, 3.8) is 0 Å².